The molecule has 25 heavy (non-hydrogen) atoms. The molecule has 0 bridgehead atoms. The normalized spacial score (nSPS) is 16.2. The maximum atomic E-state index is 11.8. The molecule has 0 aromatic carbocycles. The van der Waals surface area contributed by atoms with E-state index in [1.54, 1.807) is 16.2 Å². The molecule has 0 aliphatic carbocycles. The minimum absolute atomic E-state index is 0. The highest BCUT2D eigenvalue weighted by atomic mass is 127. The van der Waals surface area contributed by atoms with E-state index >= 15 is 0 Å². The molecule has 2 rings (SSSR count). The van der Waals surface area contributed by atoms with Gasteiger partial charge in [0.15, 0.2) is 5.96 Å². The van der Waals surface area contributed by atoms with Crippen molar-refractivity contribution in [1.82, 2.24) is 15.1 Å². The third-order valence-electron chi connectivity index (χ3n) is 4.07. The van der Waals surface area contributed by atoms with Crippen molar-refractivity contribution in [3.8, 4) is 0 Å². The molecule has 1 aliphatic heterocycles. The van der Waals surface area contributed by atoms with E-state index in [2.05, 4.69) is 40.9 Å². The summed E-state index contributed by atoms with van der Waals surface area (Å²) in [6.45, 7) is 11.0. The molecule has 1 N–H and O–H groups in total. The van der Waals surface area contributed by atoms with Crippen LogP contribution < -0.4 is 5.32 Å². The molecular formula is C17H29IN4O2S. The summed E-state index contributed by atoms with van der Waals surface area (Å²) in [6.07, 6.45) is -0.217. The van der Waals surface area contributed by atoms with Crippen LogP contribution in [0.2, 0.25) is 0 Å². The Kier molecular flexibility index (Phi) is 10.2. The number of piperazine rings is 1. The van der Waals surface area contributed by atoms with Gasteiger partial charge in [0.1, 0.15) is 0 Å². The molecule has 1 saturated heterocycles. The van der Waals surface area contributed by atoms with Crippen molar-refractivity contribution in [2.24, 2.45) is 4.99 Å². The van der Waals surface area contributed by atoms with E-state index in [-0.39, 0.29) is 30.1 Å². The first-order valence-corrected chi connectivity index (χ1v) is 9.57. The number of aliphatic imine (C=N–C) groups is 1. The van der Waals surface area contributed by atoms with E-state index in [4.69, 9.17) is 9.73 Å². The number of carbonyl (C=O) groups excluding carboxylic acids is 1. The Morgan fingerprint density at radius 2 is 2.00 bits per heavy atom. The molecule has 1 unspecified atom stereocenters. The van der Waals surface area contributed by atoms with Gasteiger partial charge >= 0.3 is 6.09 Å². The minimum atomic E-state index is -0.217. The third kappa shape index (κ3) is 6.65. The number of carbonyl (C=O) groups is 1. The van der Waals surface area contributed by atoms with Crippen LogP contribution in [0.1, 0.15) is 32.3 Å². The number of nitrogens with zero attached hydrogens (tertiary/aromatic N) is 3. The van der Waals surface area contributed by atoms with Crippen LogP contribution in [0, 0.1) is 0 Å². The molecule has 1 aromatic rings. The predicted octanol–water partition coefficient (Wildman–Crippen LogP) is 3.21. The first-order chi connectivity index (χ1) is 11.7. The van der Waals surface area contributed by atoms with E-state index in [9.17, 15) is 4.79 Å². The lowest BCUT2D eigenvalue weighted by molar-refractivity contribution is 0.0914. The number of guanidine groups is 1. The second-order valence-corrected chi connectivity index (χ2v) is 6.61. The van der Waals surface area contributed by atoms with E-state index in [1.165, 1.54) is 5.56 Å². The number of hydrogen-bond acceptors (Lipinski definition) is 4. The second kappa shape index (κ2) is 11.6. The summed E-state index contributed by atoms with van der Waals surface area (Å²) in [5.41, 5.74) is 1.34. The molecule has 1 amide bonds. The number of nitrogens with one attached hydrogen (secondary N) is 1. The number of ether oxygens (including phenoxy) is 1. The Labute approximate surface area is 171 Å². The lowest BCUT2D eigenvalue weighted by Crippen LogP contribution is -2.54. The lowest BCUT2D eigenvalue weighted by Gasteiger charge is -2.36. The van der Waals surface area contributed by atoms with Crippen LogP contribution in [-0.2, 0) is 4.74 Å². The van der Waals surface area contributed by atoms with Crippen molar-refractivity contribution in [2.45, 2.75) is 26.7 Å². The summed E-state index contributed by atoms with van der Waals surface area (Å²) in [4.78, 5) is 20.6. The summed E-state index contributed by atoms with van der Waals surface area (Å²) in [7, 11) is 0. The summed E-state index contributed by atoms with van der Waals surface area (Å²) in [5, 5.41) is 7.66. The number of rotatable bonds is 5. The van der Waals surface area contributed by atoms with Crippen LogP contribution in [0.4, 0.5) is 4.79 Å². The van der Waals surface area contributed by atoms with Gasteiger partial charge in [-0.2, -0.15) is 11.3 Å². The van der Waals surface area contributed by atoms with Crippen LogP contribution in [0.5, 0.6) is 0 Å². The van der Waals surface area contributed by atoms with Crippen molar-refractivity contribution in [3.05, 3.63) is 22.4 Å². The van der Waals surface area contributed by atoms with Crippen LogP contribution in [0.3, 0.4) is 0 Å². The molecule has 0 spiro atoms. The minimum Gasteiger partial charge on any atom is -0.450 e. The molecule has 1 aromatic heterocycles. The monoisotopic (exact) mass is 480 g/mol. The summed E-state index contributed by atoms with van der Waals surface area (Å²) >= 11 is 1.72. The van der Waals surface area contributed by atoms with E-state index < -0.39 is 0 Å². The summed E-state index contributed by atoms with van der Waals surface area (Å²) in [6, 6.07) is 2.16. The van der Waals surface area contributed by atoms with Crippen LogP contribution in [0.25, 0.3) is 0 Å². The molecule has 142 valence electrons. The zero-order valence-electron chi connectivity index (χ0n) is 15.2. The quantitative estimate of drug-likeness (QED) is 0.400. The topological polar surface area (TPSA) is 57.2 Å². The highest BCUT2D eigenvalue weighted by molar-refractivity contribution is 14.0. The van der Waals surface area contributed by atoms with Gasteiger partial charge in [-0.15, -0.1) is 24.0 Å². The maximum absolute atomic E-state index is 11.8. The van der Waals surface area contributed by atoms with Crippen LogP contribution >= 0.6 is 35.3 Å². The SMILES string of the molecule is CCNC(=NCC(C)c1ccsc1)N1CCN(C(=O)OCC)CC1.I. The standard InChI is InChI=1S/C17H28N4O2S.HI/c1-4-18-16(19-12-14(3)15-6-11-24-13-15)20-7-9-21(10-8-20)17(22)23-5-2;/h6,11,13-14H,4-5,7-10,12H2,1-3H3,(H,18,19);1H. The van der Waals surface area contributed by atoms with Crippen molar-refractivity contribution in [3.63, 3.8) is 0 Å². The Balaban J connectivity index is 0.00000312. The fraction of sp³-hybridized carbons (Fsp3) is 0.647. The van der Waals surface area contributed by atoms with E-state index in [0.29, 0.717) is 25.6 Å². The zero-order chi connectivity index (χ0) is 17.4. The first-order valence-electron chi connectivity index (χ1n) is 8.62. The van der Waals surface area contributed by atoms with Crippen LogP contribution in [-0.4, -0.2) is 67.7 Å². The fourth-order valence-corrected chi connectivity index (χ4v) is 3.41. The fourth-order valence-electron chi connectivity index (χ4n) is 2.63. The van der Waals surface area contributed by atoms with Crippen molar-refractivity contribution in [1.29, 1.82) is 0 Å². The molecule has 0 saturated carbocycles. The predicted molar refractivity (Wildman–Crippen MR) is 114 cm³/mol. The summed E-state index contributed by atoms with van der Waals surface area (Å²) < 4.78 is 5.07. The second-order valence-electron chi connectivity index (χ2n) is 5.83. The van der Waals surface area contributed by atoms with E-state index in [0.717, 1.165) is 32.1 Å². The molecule has 0 radical (unpaired) electrons. The number of amides is 1. The van der Waals surface area contributed by atoms with Gasteiger partial charge < -0.3 is 19.9 Å². The molecule has 6 nitrogen and oxygen atoms in total. The lowest BCUT2D eigenvalue weighted by atomic mass is 10.1. The molecule has 2 heterocycles. The van der Waals surface area contributed by atoms with Crippen LogP contribution in [0.15, 0.2) is 21.8 Å². The Bertz CT molecular complexity index is 531. The molecular weight excluding hydrogens is 451 g/mol. The van der Waals surface area contributed by atoms with Gasteiger partial charge in [0.2, 0.25) is 0 Å². The first kappa shape index (κ1) is 22.0. The number of thiophene rings is 1. The highest BCUT2D eigenvalue weighted by Gasteiger charge is 2.23. The van der Waals surface area contributed by atoms with Gasteiger partial charge in [0, 0.05) is 45.2 Å². The van der Waals surface area contributed by atoms with Crippen molar-refractivity contribution < 1.29 is 9.53 Å². The average Bonchev–Trinajstić information content (AvgIpc) is 3.13. The smallest absolute Gasteiger partial charge is 0.409 e. The molecule has 1 atom stereocenters. The van der Waals surface area contributed by atoms with Gasteiger partial charge in [-0.05, 0) is 36.2 Å². The average molecular weight is 480 g/mol. The number of hydrogen-bond donors (Lipinski definition) is 1. The summed E-state index contributed by atoms with van der Waals surface area (Å²) in [5.74, 6) is 1.34. The molecule has 1 fully saturated rings. The van der Waals surface area contributed by atoms with Crippen molar-refractivity contribution >= 4 is 47.4 Å². The Morgan fingerprint density at radius 1 is 1.32 bits per heavy atom. The van der Waals surface area contributed by atoms with Gasteiger partial charge in [-0.3, -0.25) is 4.99 Å². The van der Waals surface area contributed by atoms with E-state index in [1.807, 2.05) is 6.92 Å². The van der Waals surface area contributed by atoms with Gasteiger partial charge in [0.25, 0.3) is 0 Å². The van der Waals surface area contributed by atoms with Gasteiger partial charge in [-0.25, -0.2) is 4.79 Å². The zero-order valence-corrected chi connectivity index (χ0v) is 18.4. The third-order valence-corrected chi connectivity index (χ3v) is 4.77. The van der Waals surface area contributed by atoms with Crippen molar-refractivity contribution in [2.75, 3.05) is 45.9 Å². The largest absolute Gasteiger partial charge is 0.450 e. The highest BCUT2D eigenvalue weighted by Crippen LogP contribution is 2.18. The number of halogens is 1. The maximum Gasteiger partial charge on any atom is 0.409 e. The van der Waals surface area contributed by atoms with Gasteiger partial charge in [-0.1, -0.05) is 6.92 Å². The van der Waals surface area contributed by atoms with Gasteiger partial charge in [0.05, 0.1) is 6.61 Å². The molecule has 8 heteroatoms. The Morgan fingerprint density at radius 3 is 2.56 bits per heavy atom. The Hall–Kier alpha value is -1.03. The molecule has 1 aliphatic rings.